The van der Waals surface area contributed by atoms with Crippen LogP contribution >= 0.6 is 15.9 Å². The summed E-state index contributed by atoms with van der Waals surface area (Å²) in [5.74, 6) is -2.96. The molecule has 96 valence electrons. The van der Waals surface area contributed by atoms with Crippen LogP contribution in [0, 0.1) is 0 Å². The van der Waals surface area contributed by atoms with Crippen LogP contribution in [0.1, 0.15) is 23.0 Å². The summed E-state index contributed by atoms with van der Waals surface area (Å²) >= 11 is 3.32. The number of halogens is 3. The van der Waals surface area contributed by atoms with E-state index in [4.69, 9.17) is 0 Å². The molecule has 3 nitrogen and oxygen atoms in total. The summed E-state index contributed by atoms with van der Waals surface area (Å²) in [6.07, 6.45) is 1.52. The van der Waals surface area contributed by atoms with Crippen LogP contribution in [0.25, 0.3) is 0 Å². The number of hydrogen-bond donors (Lipinski definition) is 0. The largest absolute Gasteiger partial charge is 0.292 e. The average Bonchev–Trinajstić information content (AvgIpc) is 2.78. The van der Waals surface area contributed by atoms with Crippen molar-refractivity contribution in [3.8, 4) is 0 Å². The van der Waals surface area contributed by atoms with Crippen LogP contribution in [0.3, 0.4) is 0 Å². The van der Waals surface area contributed by atoms with E-state index < -0.39 is 12.5 Å². The maximum absolute atomic E-state index is 14.0. The molecule has 1 unspecified atom stereocenters. The molecule has 2 aromatic rings. The monoisotopic (exact) mass is 315 g/mol. The Labute approximate surface area is 112 Å². The van der Waals surface area contributed by atoms with Crippen molar-refractivity contribution in [3.05, 3.63) is 47.8 Å². The Hall–Kier alpha value is -1.30. The molecule has 18 heavy (non-hydrogen) atoms. The summed E-state index contributed by atoms with van der Waals surface area (Å²) in [6.45, 7) is 1.35. The van der Waals surface area contributed by atoms with E-state index in [1.807, 2.05) is 6.92 Å². The smallest absolute Gasteiger partial charge is 0.246 e. The number of nitrogens with zero attached hydrogens (tertiary/aromatic N) is 3. The lowest BCUT2D eigenvalue weighted by atomic mass is 10.1. The molecule has 0 aliphatic carbocycles. The molecular formula is C12H12BrF2N3. The molecule has 6 heteroatoms. The van der Waals surface area contributed by atoms with E-state index in [0.717, 1.165) is 0 Å². The highest BCUT2D eigenvalue weighted by Gasteiger charge is 2.32. The van der Waals surface area contributed by atoms with Gasteiger partial charge in [-0.3, -0.25) is 0 Å². The van der Waals surface area contributed by atoms with Gasteiger partial charge in [-0.1, -0.05) is 51.5 Å². The van der Waals surface area contributed by atoms with Crippen molar-refractivity contribution in [1.82, 2.24) is 15.0 Å². The maximum Gasteiger partial charge on any atom is 0.292 e. The first-order valence-corrected chi connectivity index (χ1v) is 6.38. The molecule has 0 aliphatic heterocycles. The summed E-state index contributed by atoms with van der Waals surface area (Å²) in [7, 11) is 0. The van der Waals surface area contributed by atoms with Crippen LogP contribution < -0.4 is 0 Å². The van der Waals surface area contributed by atoms with E-state index in [0.29, 0.717) is 5.69 Å². The number of rotatable bonds is 4. The molecule has 2 rings (SSSR count). The summed E-state index contributed by atoms with van der Waals surface area (Å²) in [6, 6.07) is 7.71. The van der Waals surface area contributed by atoms with E-state index in [-0.39, 0.29) is 10.4 Å². The lowest BCUT2D eigenvalue weighted by molar-refractivity contribution is -0.0258. The highest BCUT2D eigenvalue weighted by molar-refractivity contribution is 9.09. The summed E-state index contributed by atoms with van der Waals surface area (Å²) in [5.41, 5.74) is 0.618. The molecule has 0 saturated carbocycles. The SMILES string of the molecule is CC(Br)c1cn(CC(F)(F)c2ccccc2)nn1. The molecule has 1 aromatic carbocycles. The van der Waals surface area contributed by atoms with Crippen LogP contribution in [-0.4, -0.2) is 15.0 Å². The quantitative estimate of drug-likeness (QED) is 0.808. The Balaban J connectivity index is 2.17. The number of hydrogen-bond acceptors (Lipinski definition) is 2. The third kappa shape index (κ3) is 2.93. The lowest BCUT2D eigenvalue weighted by Gasteiger charge is -2.16. The van der Waals surface area contributed by atoms with Crippen molar-refractivity contribution in [1.29, 1.82) is 0 Å². The molecule has 1 aromatic heterocycles. The molecule has 0 aliphatic rings. The predicted molar refractivity (Wildman–Crippen MR) is 67.7 cm³/mol. The van der Waals surface area contributed by atoms with Gasteiger partial charge in [0, 0.05) is 11.8 Å². The summed E-state index contributed by atoms with van der Waals surface area (Å²) < 4.78 is 29.1. The number of benzene rings is 1. The fourth-order valence-electron chi connectivity index (χ4n) is 1.55. The normalized spacial score (nSPS) is 13.6. The standard InChI is InChI=1S/C12H12BrF2N3/c1-9(13)11-7-18(17-16-11)8-12(14,15)10-5-3-2-4-6-10/h2-7,9H,8H2,1H3. The topological polar surface area (TPSA) is 30.7 Å². The minimum absolute atomic E-state index is 0.00315. The van der Waals surface area contributed by atoms with Crippen molar-refractivity contribution in [2.75, 3.05) is 0 Å². The average molecular weight is 316 g/mol. The van der Waals surface area contributed by atoms with Crippen molar-refractivity contribution in [2.45, 2.75) is 24.2 Å². The van der Waals surface area contributed by atoms with E-state index in [2.05, 4.69) is 26.2 Å². The first-order chi connectivity index (χ1) is 8.49. The first-order valence-electron chi connectivity index (χ1n) is 5.46. The third-order valence-electron chi connectivity index (χ3n) is 2.52. The minimum atomic E-state index is -2.96. The zero-order valence-electron chi connectivity index (χ0n) is 9.72. The predicted octanol–water partition coefficient (Wildman–Crippen LogP) is 3.53. The molecule has 1 heterocycles. The van der Waals surface area contributed by atoms with Crippen LogP contribution in [0.4, 0.5) is 8.78 Å². The maximum atomic E-state index is 14.0. The minimum Gasteiger partial charge on any atom is -0.246 e. The second-order valence-electron chi connectivity index (χ2n) is 4.03. The summed E-state index contributed by atoms with van der Waals surface area (Å²) in [4.78, 5) is -0.00315. The molecule has 0 radical (unpaired) electrons. The van der Waals surface area contributed by atoms with Gasteiger partial charge in [0.05, 0.1) is 10.5 Å². The van der Waals surface area contributed by atoms with E-state index >= 15 is 0 Å². The zero-order chi connectivity index (χ0) is 13.2. The van der Waals surface area contributed by atoms with Crippen molar-refractivity contribution < 1.29 is 8.78 Å². The Morgan fingerprint density at radius 3 is 2.56 bits per heavy atom. The lowest BCUT2D eigenvalue weighted by Crippen LogP contribution is -2.21. The van der Waals surface area contributed by atoms with Gasteiger partial charge in [0.15, 0.2) is 0 Å². The van der Waals surface area contributed by atoms with E-state index in [1.165, 1.54) is 23.0 Å². The van der Waals surface area contributed by atoms with Gasteiger partial charge in [-0.25, -0.2) is 4.68 Å². The highest BCUT2D eigenvalue weighted by Crippen LogP contribution is 2.29. The molecule has 0 spiro atoms. The molecule has 0 bridgehead atoms. The fourth-order valence-corrected chi connectivity index (χ4v) is 1.76. The van der Waals surface area contributed by atoms with Crippen LogP contribution in [-0.2, 0) is 12.5 Å². The molecule has 0 fully saturated rings. The number of aromatic nitrogens is 3. The fraction of sp³-hybridized carbons (Fsp3) is 0.333. The Bertz CT molecular complexity index is 511. The molecule has 0 amide bonds. The van der Waals surface area contributed by atoms with Gasteiger partial charge in [-0.2, -0.15) is 8.78 Å². The van der Waals surface area contributed by atoms with Gasteiger partial charge < -0.3 is 0 Å². The second kappa shape index (κ2) is 5.14. The van der Waals surface area contributed by atoms with Crippen LogP contribution in [0.2, 0.25) is 0 Å². The van der Waals surface area contributed by atoms with Gasteiger partial charge in [0.2, 0.25) is 0 Å². The van der Waals surface area contributed by atoms with Crippen LogP contribution in [0.5, 0.6) is 0 Å². The van der Waals surface area contributed by atoms with Gasteiger partial charge in [-0.15, -0.1) is 5.10 Å². The van der Waals surface area contributed by atoms with E-state index in [1.54, 1.807) is 18.2 Å². The molecular weight excluding hydrogens is 304 g/mol. The van der Waals surface area contributed by atoms with E-state index in [9.17, 15) is 8.78 Å². The van der Waals surface area contributed by atoms with Crippen molar-refractivity contribution in [3.63, 3.8) is 0 Å². The van der Waals surface area contributed by atoms with Crippen molar-refractivity contribution in [2.24, 2.45) is 0 Å². The Kier molecular flexibility index (Phi) is 3.75. The Morgan fingerprint density at radius 1 is 1.33 bits per heavy atom. The molecule has 1 atom stereocenters. The summed E-state index contributed by atoms with van der Waals surface area (Å²) in [5, 5.41) is 7.53. The van der Waals surface area contributed by atoms with Gasteiger partial charge in [0.1, 0.15) is 6.54 Å². The Morgan fingerprint density at radius 2 is 2.00 bits per heavy atom. The van der Waals surface area contributed by atoms with Gasteiger partial charge >= 0.3 is 0 Å². The molecule has 0 saturated heterocycles. The van der Waals surface area contributed by atoms with Crippen molar-refractivity contribution >= 4 is 15.9 Å². The molecule has 0 N–H and O–H groups in total. The third-order valence-corrected chi connectivity index (χ3v) is 2.99. The van der Waals surface area contributed by atoms with Gasteiger partial charge in [0.25, 0.3) is 5.92 Å². The first kappa shape index (κ1) is 13.1. The van der Waals surface area contributed by atoms with Crippen LogP contribution in [0.15, 0.2) is 36.5 Å². The second-order valence-corrected chi connectivity index (χ2v) is 5.40. The van der Waals surface area contributed by atoms with Gasteiger partial charge in [-0.05, 0) is 6.92 Å². The number of alkyl halides is 3. The highest BCUT2D eigenvalue weighted by atomic mass is 79.9. The zero-order valence-corrected chi connectivity index (χ0v) is 11.3.